The minimum Gasteiger partial charge on any atom is -0.388 e. The summed E-state index contributed by atoms with van der Waals surface area (Å²) in [6.45, 7) is 2.81. The molecule has 0 spiro atoms. The molecule has 2 heterocycles. The van der Waals surface area contributed by atoms with Gasteiger partial charge in [0.15, 0.2) is 0 Å². The molecule has 28 heavy (non-hydrogen) atoms. The molecule has 1 aliphatic heterocycles. The number of rotatable bonds is 5. The lowest BCUT2D eigenvalue weighted by atomic mass is 9.91. The fraction of sp³-hybridized carbons (Fsp3) is 0.364. The lowest BCUT2D eigenvalue weighted by molar-refractivity contribution is -0.0364. The quantitative estimate of drug-likeness (QED) is 0.673. The van der Waals surface area contributed by atoms with Crippen LogP contribution in [-0.2, 0) is 13.1 Å². The van der Waals surface area contributed by atoms with E-state index in [1.807, 2.05) is 18.2 Å². The number of hydrogen-bond donors (Lipinski definition) is 1. The molecule has 0 saturated carbocycles. The van der Waals surface area contributed by atoms with Crippen molar-refractivity contribution < 1.29 is 5.11 Å². The minimum atomic E-state index is -0.868. The Kier molecular flexibility index (Phi) is 5.53. The van der Waals surface area contributed by atoms with Gasteiger partial charge in [-0.25, -0.2) is 4.98 Å². The summed E-state index contributed by atoms with van der Waals surface area (Å²) in [4.78, 5) is 20.7. The van der Waals surface area contributed by atoms with Gasteiger partial charge in [0.05, 0.1) is 29.4 Å². The Hall–Kier alpha value is -2.15. The molecule has 1 fully saturated rings. The smallest absolute Gasteiger partial charge is 0.261 e. The van der Waals surface area contributed by atoms with Gasteiger partial charge in [0, 0.05) is 24.5 Å². The summed E-state index contributed by atoms with van der Waals surface area (Å²) in [6.07, 6.45) is 4.93. The van der Waals surface area contributed by atoms with Gasteiger partial charge in [-0.05, 0) is 48.9 Å². The van der Waals surface area contributed by atoms with Crippen LogP contribution in [0.2, 0.25) is 0 Å². The van der Waals surface area contributed by atoms with Crippen LogP contribution in [0, 0.1) is 0 Å². The highest BCUT2D eigenvalue weighted by atomic mass is 32.2. The lowest BCUT2D eigenvalue weighted by Crippen LogP contribution is -2.47. The van der Waals surface area contributed by atoms with E-state index in [2.05, 4.69) is 40.4 Å². The maximum Gasteiger partial charge on any atom is 0.261 e. The number of likely N-dealkylation sites (tertiary alicyclic amines) is 1. The van der Waals surface area contributed by atoms with Gasteiger partial charge in [-0.2, -0.15) is 0 Å². The molecule has 6 heteroatoms. The van der Waals surface area contributed by atoms with Gasteiger partial charge in [-0.3, -0.25) is 14.3 Å². The molecule has 0 bridgehead atoms. The van der Waals surface area contributed by atoms with Crippen molar-refractivity contribution >= 4 is 22.7 Å². The van der Waals surface area contributed by atoms with Crippen molar-refractivity contribution in [3.63, 3.8) is 0 Å². The third kappa shape index (κ3) is 4.14. The molecule has 3 aromatic rings. The molecule has 5 nitrogen and oxygen atoms in total. The Morgan fingerprint density at radius 2 is 1.82 bits per heavy atom. The topological polar surface area (TPSA) is 58.4 Å². The van der Waals surface area contributed by atoms with Gasteiger partial charge in [0.2, 0.25) is 0 Å². The van der Waals surface area contributed by atoms with Crippen LogP contribution in [0.1, 0.15) is 18.4 Å². The molecule has 1 saturated heterocycles. The van der Waals surface area contributed by atoms with Crippen molar-refractivity contribution in [3.05, 3.63) is 70.8 Å². The second-order valence-electron chi connectivity index (χ2n) is 7.54. The zero-order chi connectivity index (χ0) is 19.6. The number of fused-ring (bicyclic) bond motifs is 1. The summed E-state index contributed by atoms with van der Waals surface area (Å²) in [5, 5.41) is 11.7. The molecule has 0 unspecified atom stereocenters. The summed E-state index contributed by atoms with van der Waals surface area (Å²) in [5.41, 5.74) is 1.03. The van der Waals surface area contributed by atoms with Gasteiger partial charge >= 0.3 is 0 Å². The van der Waals surface area contributed by atoms with Crippen LogP contribution in [0.5, 0.6) is 0 Å². The fourth-order valence-electron chi connectivity index (χ4n) is 3.81. The van der Waals surface area contributed by atoms with Crippen LogP contribution >= 0.6 is 11.8 Å². The highest BCUT2D eigenvalue weighted by Gasteiger charge is 2.33. The summed E-state index contributed by atoms with van der Waals surface area (Å²) < 4.78 is 1.55. The average molecular weight is 396 g/mol. The summed E-state index contributed by atoms with van der Waals surface area (Å²) in [6, 6.07) is 16.0. The lowest BCUT2D eigenvalue weighted by Gasteiger charge is -2.38. The Balaban J connectivity index is 1.41. The molecule has 1 aromatic heterocycles. The van der Waals surface area contributed by atoms with Gasteiger partial charge in [-0.1, -0.05) is 24.3 Å². The third-order valence-electron chi connectivity index (χ3n) is 5.55. The number of aromatic nitrogens is 2. The van der Waals surface area contributed by atoms with E-state index < -0.39 is 5.60 Å². The second kappa shape index (κ2) is 8.07. The standard InChI is InChI=1S/C22H25N3O2S/c1-28-18-8-6-17(7-9-18)14-24-12-10-22(27,11-13-24)15-25-16-23-20-5-3-2-4-19(20)21(25)26/h2-9,16,27H,10-15H2,1H3. The van der Waals surface area contributed by atoms with E-state index >= 15 is 0 Å². The number of hydrogen-bond acceptors (Lipinski definition) is 5. The highest BCUT2D eigenvalue weighted by molar-refractivity contribution is 7.98. The fourth-order valence-corrected chi connectivity index (χ4v) is 4.22. The van der Waals surface area contributed by atoms with Crippen molar-refractivity contribution in [1.29, 1.82) is 0 Å². The first kappa shape index (κ1) is 19.2. The van der Waals surface area contributed by atoms with Crippen LogP contribution in [0.15, 0.2) is 64.5 Å². The molecule has 4 rings (SSSR count). The predicted molar refractivity (Wildman–Crippen MR) is 114 cm³/mol. The number of piperidine rings is 1. The largest absolute Gasteiger partial charge is 0.388 e. The molecule has 0 atom stereocenters. The predicted octanol–water partition coefficient (Wildman–Crippen LogP) is 3.15. The molecule has 0 radical (unpaired) electrons. The van der Waals surface area contributed by atoms with E-state index in [9.17, 15) is 9.90 Å². The Morgan fingerprint density at radius 3 is 2.54 bits per heavy atom. The number of para-hydroxylation sites is 1. The van der Waals surface area contributed by atoms with Crippen LogP contribution < -0.4 is 5.56 Å². The zero-order valence-corrected chi connectivity index (χ0v) is 16.9. The first-order chi connectivity index (χ1) is 13.6. The van der Waals surface area contributed by atoms with E-state index in [1.54, 1.807) is 28.7 Å². The molecule has 2 aromatic carbocycles. The van der Waals surface area contributed by atoms with Crippen molar-refractivity contribution in [2.45, 2.75) is 36.4 Å². The molecule has 1 N–H and O–H groups in total. The van der Waals surface area contributed by atoms with Gasteiger partial charge in [0.25, 0.3) is 5.56 Å². The van der Waals surface area contributed by atoms with Crippen LogP contribution in [0.4, 0.5) is 0 Å². The average Bonchev–Trinajstić information content (AvgIpc) is 2.73. The minimum absolute atomic E-state index is 0.0876. The Bertz CT molecular complexity index is 1010. The van der Waals surface area contributed by atoms with Crippen LogP contribution in [0.3, 0.4) is 0 Å². The summed E-state index contributed by atoms with van der Waals surface area (Å²) in [7, 11) is 0. The number of nitrogens with zero attached hydrogens (tertiary/aromatic N) is 3. The van der Waals surface area contributed by atoms with Gasteiger partial charge in [-0.15, -0.1) is 11.8 Å². The zero-order valence-electron chi connectivity index (χ0n) is 16.0. The Labute approximate surface area is 169 Å². The van der Waals surface area contributed by atoms with E-state index in [-0.39, 0.29) is 5.56 Å². The monoisotopic (exact) mass is 395 g/mol. The van der Waals surface area contributed by atoms with Crippen LogP contribution in [-0.4, -0.2) is 44.5 Å². The first-order valence-electron chi connectivity index (χ1n) is 9.58. The molecule has 1 aliphatic rings. The van der Waals surface area contributed by atoms with E-state index in [0.29, 0.717) is 30.3 Å². The normalized spacial score (nSPS) is 17.1. The third-order valence-corrected chi connectivity index (χ3v) is 6.29. The maximum absolute atomic E-state index is 12.7. The summed E-state index contributed by atoms with van der Waals surface area (Å²) >= 11 is 1.75. The highest BCUT2D eigenvalue weighted by Crippen LogP contribution is 2.25. The van der Waals surface area contributed by atoms with Gasteiger partial charge in [0.1, 0.15) is 0 Å². The number of aliphatic hydroxyl groups is 1. The van der Waals surface area contributed by atoms with E-state index in [1.165, 1.54) is 10.5 Å². The van der Waals surface area contributed by atoms with Crippen LogP contribution in [0.25, 0.3) is 10.9 Å². The number of thioether (sulfide) groups is 1. The Morgan fingerprint density at radius 1 is 1.11 bits per heavy atom. The van der Waals surface area contributed by atoms with Crippen molar-refractivity contribution in [2.75, 3.05) is 19.3 Å². The van der Waals surface area contributed by atoms with Crippen molar-refractivity contribution in [1.82, 2.24) is 14.5 Å². The molecule has 0 amide bonds. The van der Waals surface area contributed by atoms with Crippen molar-refractivity contribution in [3.8, 4) is 0 Å². The molecule has 0 aliphatic carbocycles. The van der Waals surface area contributed by atoms with E-state index in [0.717, 1.165) is 19.6 Å². The van der Waals surface area contributed by atoms with Gasteiger partial charge < -0.3 is 5.11 Å². The first-order valence-corrected chi connectivity index (χ1v) is 10.8. The summed E-state index contributed by atoms with van der Waals surface area (Å²) in [5.74, 6) is 0. The SMILES string of the molecule is CSc1ccc(CN2CCC(O)(Cn3cnc4ccccc4c3=O)CC2)cc1. The second-order valence-corrected chi connectivity index (χ2v) is 8.42. The number of benzene rings is 2. The molecular formula is C22H25N3O2S. The molecular weight excluding hydrogens is 370 g/mol. The van der Waals surface area contributed by atoms with Crippen molar-refractivity contribution in [2.24, 2.45) is 0 Å². The molecule has 146 valence electrons. The maximum atomic E-state index is 12.7. The van der Waals surface area contributed by atoms with E-state index in [4.69, 9.17) is 0 Å².